The van der Waals surface area contributed by atoms with E-state index in [1.54, 1.807) is 0 Å². The van der Waals surface area contributed by atoms with Gasteiger partial charge in [0.15, 0.2) is 0 Å². The Kier molecular flexibility index (Phi) is 6.52. The van der Waals surface area contributed by atoms with E-state index < -0.39 is 11.0 Å². The van der Waals surface area contributed by atoms with Crippen molar-refractivity contribution >= 4 is 22.6 Å². The maximum absolute atomic E-state index is 12.7. The monoisotopic (exact) mass is 371 g/mol. The van der Waals surface area contributed by atoms with Gasteiger partial charge in [0.1, 0.15) is 0 Å². The molecule has 24 heavy (non-hydrogen) atoms. The molecule has 136 valence electrons. The van der Waals surface area contributed by atoms with Crippen LogP contribution in [0.2, 0.25) is 5.02 Å². The highest BCUT2D eigenvalue weighted by Gasteiger charge is 2.46. The van der Waals surface area contributed by atoms with E-state index in [9.17, 15) is 9.32 Å². The van der Waals surface area contributed by atoms with Crippen LogP contribution in [-0.2, 0) is 16.4 Å². The zero-order valence-electron chi connectivity index (χ0n) is 15.1. The third kappa shape index (κ3) is 4.40. The first-order valence-electron chi connectivity index (χ1n) is 8.74. The molecule has 0 heterocycles. The van der Waals surface area contributed by atoms with Crippen molar-refractivity contribution in [1.29, 1.82) is 0 Å². The highest BCUT2D eigenvalue weighted by atomic mass is 35.5. The summed E-state index contributed by atoms with van der Waals surface area (Å²) in [5.74, 6) is 0.171. The van der Waals surface area contributed by atoms with Gasteiger partial charge < -0.3 is 5.11 Å². The van der Waals surface area contributed by atoms with Crippen LogP contribution in [0.1, 0.15) is 58.9 Å². The van der Waals surface area contributed by atoms with Gasteiger partial charge in [-0.05, 0) is 63.6 Å². The molecule has 0 aliphatic heterocycles. The van der Waals surface area contributed by atoms with Crippen molar-refractivity contribution < 1.29 is 9.32 Å². The average Bonchev–Trinajstić information content (AvgIpc) is 2.46. The minimum atomic E-state index is -1.14. The molecule has 0 aromatic heterocycles. The van der Waals surface area contributed by atoms with Crippen LogP contribution in [0.25, 0.3) is 0 Å². The number of hydrogen-bond acceptors (Lipinski definition) is 2. The van der Waals surface area contributed by atoms with Gasteiger partial charge in [-0.3, -0.25) is 0 Å². The van der Waals surface area contributed by atoms with Crippen molar-refractivity contribution in [1.82, 2.24) is 4.72 Å². The minimum Gasteiger partial charge on any atom is -0.396 e. The van der Waals surface area contributed by atoms with Crippen LogP contribution in [-0.4, -0.2) is 26.7 Å². The lowest BCUT2D eigenvalue weighted by molar-refractivity contribution is 0.145. The molecule has 0 radical (unpaired) electrons. The molecule has 1 fully saturated rings. The van der Waals surface area contributed by atoms with Gasteiger partial charge in [-0.25, -0.2) is 8.93 Å². The van der Waals surface area contributed by atoms with Crippen LogP contribution in [0.5, 0.6) is 0 Å². The van der Waals surface area contributed by atoms with Crippen LogP contribution in [0.15, 0.2) is 24.3 Å². The molecule has 1 aliphatic carbocycles. The van der Waals surface area contributed by atoms with Gasteiger partial charge in [-0.1, -0.05) is 37.1 Å². The molecule has 1 aromatic carbocycles. The summed E-state index contributed by atoms with van der Waals surface area (Å²) < 4.78 is 15.8. The number of aliphatic hydroxyl groups is 1. The predicted molar refractivity (Wildman–Crippen MR) is 103 cm³/mol. The molecule has 3 nitrogen and oxygen atoms in total. The number of nitrogens with one attached hydrogen (secondary N) is 1. The van der Waals surface area contributed by atoms with Crippen LogP contribution < -0.4 is 4.72 Å². The summed E-state index contributed by atoms with van der Waals surface area (Å²) in [7, 11) is -1.14. The lowest BCUT2D eigenvalue weighted by Crippen LogP contribution is -2.55. The fraction of sp³-hybridized carbons (Fsp3) is 0.684. The Balaban J connectivity index is 2.32. The third-order valence-corrected chi connectivity index (χ3v) is 6.95. The van der Waals surface area contributed by atoms with E-state index in [1.165, 1.54) is 12.0 Å². The molecule has 0 bridgehead atoms. The van der Waals surface area contributed by atoms with Crippen molar-refractivity contribution in [3.05, 3.63) is 34.9 Å². The molecule has 1 saturated carbocycles. The normalized spacial score (nSPS) is 20.9. The second kappa shape index (κ2) is 7.86. The topological polar surface area (TPSA) is 49.3 Å². The van der Waals surface area contributed by atoms with Gasteiger partial charge in [0.25, 0.3) is 0 Å². The van der Waals surface area contributed by atoms with E-state index in [-0.39, 0.29) is 28.7 Å². The molecular weight excluding hydrogens is 342 g/mol. The summed E-state index contributed by atoms with van der Waals surface area (Å²) >= 11 is 6.06. The van der Waals surface area contributed by atoms with Crippen molar-refractivity contribution in [2.24, 2.45) is 5.92 Å². The summed E-state index contributed by atoms with van der Waals surface area (Å²) in [6, 6.07) is 8.14. The summed E-state index contributed by atoms with van der Waals surface area (Å²) in [5.41, 5.74) is 1.24. The maximum atomic E-state index is 12.7. The number of hydrogen-bond donors (Lipinski definition) is 2. The quantitative estimate of drug-likeness (QED) is 0.754. The van der Waals surface area contributed by atoms with Gasteiger partial charge in [0.2, 0.25) is 0 Å². The molecular formula is C19H30ClNO2S. The van der Waals surface area contributed by atoms with Crippen molar-refractivity contribution in [3.8, 4) is 0 Å². The molecule has 5 heteroatoms. The summed E-state index contributed by atoms with van der Waals surface area (Å²) in [5, 5.41) is 10.3. The molecule has 1 aromatic rings. The second-order valence-electron chi connectivity index (χ2n) is 8.09. The number of aliphatic hydroxyl groups excluding tert-OH is 1. The fourth-order valence-electron chi connectivity index (χ4n) is 3.35. The molecule has 0 saturated heterocycles. The highest BCUT2D eigenvalue weighted by Crippen LogP contribution is 2.48. The average molecular weight is 372 g/mol. The summed E-state index contributed by atoms with van der Waals surface area (Å²) in [6.07, 6.45) is 4.13. The van der Waals surface area contributed by atoms with Gasteiger partial charge in [-0.2, -0.15) is 0 Å². The van der Waals surface area contributed by atoms with E-state index in [0.717, 1.165) is 24.3 Å². The SMILES string of the molecule is C[C@H](CO)C[C@@H](NS(=O)C(C)(C)C)C1(c2ccc(Cl)cc2)CCC1. The molecule has 0 amide bonds. The van der Waals surface area contributed by atoms with Crippen LogP contribution in [0.4, 0.5) is 0 Å². The number of halogens is 1. The second-order valence-corrected chi connectivity index (χ2v) is 10.5. The largest absolute Gasteiger partial charge is 0.396 e. The van der Waals surface area contributed by atoms with Gasteiger partial charge in [-0.15, -0.1) is 0 Å². The van der Waals surface area contributed by atoms with Crippen molar-refractivity contribution in [2.45, 2.75) is 69.6 Å². The van der Waals surface area contributed by atoms with Crippen LogP contribution in [0.3, 0.4) is 0 Å². The van der Waals surface area contributed by atoms with Gasteiger partial charge in [0.05, 0.1) is 15.7 Å². The zero-order valence-corrected chi connectivity index (χ0v) is 16.7. The van der Waals surface area contributed by atoms with E-state index >= 15 is 0 Å². The standard InChI is InChI=1S/C19H30ClNO2S/c1-14(13-22)12-17(21-24(23)18(2,3)4)19(10-5-11-19)15-6-8-16(20)9-7-15/h6-9,14,17,21-22H,5,10-13H2,1-4H3/t14-,17+,24?/m0/s1. The lowest BCUT2D eigenvalue weighted by Gasteiger charge is -2.49. The lowest BCUT2D eigenvalue weighted by atomic mass is 9.59. The Labute approximate surface area is 153 Å². The first-order chi connectivity index (χ1) is 11.2. The predicted octanol–water partition coefficient (Wildman–Crippen LogP) is 4.20. The Hall–Kier alpha value is -0.420. The van der Waals surface area contributed by atoms with E-state index in [0.29, 0.717) is 0 Å². The molecule has 1 unspecified atom stereocenters. The van der Waals surface area contributed by atoms with E-state index in [4.69, 9.17) is 11.6 Å². The number of benzene rings is 1. The van der Waals surface area contributed by atoms with Crippen LogP contribution >= 0.6 is 11.6 Å². The molecule has 1 aliphatic rings. The minimum absolute atomic E-state index is 0.0189. The first-order valence-corrected chi connectivity index (χ1v) is 10.3. The van der Waals surface area contributed by atoms with Gasteiger partial charge >= 0.3 is 0 Å². The van der Waals surface area contributed by atoms with E-state index in [1.807, 2.05) is 39.8 Å². The third-order valence-electron chi connectivity index (χ3n) is 5.09. The highest BCUT2D eigenvalue weighted by molar-refractivity contribution is 7.84. The molecule has 2 rings (SSSR count). The number of rotatable bonds is 7. The summed E-state index contributed by atoms with van der Waals surface area (Å²) in [4.78, 5) is 0. The summed E-state index contributed by atoms with van der Waals surface area (Å²) in [6.45, 7) is 8.15. The van der Waals surface area contributed by atoms with Crippen molar-refractivity contribution in [2.75, 3.05) is 6.61 Å². The maximum Gasteiger partial charge on any atom is 0.0973 e. The zero-order chi connectivity index (χ0) is 18.0. The Morgan fingerprint density at radius 2 is 1.88 bits per heavy atom. The Morgan fingerprint density at radius 1 is 1.29 bits per heavy atom. The van der Waals surface area contributed by atoms with E-state index in [2.05, 4.69) is 16.9 Å². The molecule has 0 spiro atoms. The first kappa shape index (κ1) is 19.9. The fourth-order valence-corrected chi connectivity index (χ4v) is 4.41. The van der Waals surface area contributed by atoms with Crippen molar-refractivity contribution in [3.63, 3.8) is 0 Å². The molecule has 3 atom stereocenters. The Bertz CT molecular complexity index is 564. The molecule has 2 N–H and O–H groups in total. The van der Waals surface area contributed by atoms with Gasteiger partial charge in [0, 0.05) is 23.1 Å². The smallest absolute Gasteiger partial charge is 0.0973 e. The Morgan fingerprint density at radius 3 is 2.29 bits per heavy atom. The van der Waals surface area contributed by atoms with Crippen LogP contribution in [0, 0.1) is 5.92 Å².